The van der Waals surface area contributed by atoms with Crippen molar-refractivity contribution in [2.75, 3.05) is 4.90 Å². The summed E-state index contributed by atoms with van der Waals surface area (Å²) in [6.45, 7) is 4.06. The van der Waals surface area contributed by atoms with Crippen molar-refractivity contribution in [1.29, 1.82) is 0 Å². The topological polar surface area (TPSA) is 59.4 Å². The van der Waals surface area contributed by atoms with E-state index < -0.39 is 11.8 Å². The number of para-hydroxylation sites is 1. The number of nitrogens with zero attached hydrogens (tertiary/aromatic N) is 2. The zero-order valence-corrected chi connectivity index (χ0v) is 14.3. The van der Waals surface area contributed by atoms with Crippen molar-refractivity contribution in [1.82, 2.24) is 4.57 Å². The van der Waals surface area contributed by atoms with E-state index in [2.05, 4.69) is 0 Å². The van der Waals surface area contributed by atoms with Crippen LogP contribution in [0.3, 0.4) is 0 Å². The second-order valence-corrected chi connectivity index (χ2v) is 5.81. The fourth-order valence-corrected chi connectivity index (χ4v) is 3.17. The van der Waals surface area contributed by atoms with Crippen molar-refractivity contribution in [3.8, 4) is 11.1 Å². The zero-order valence-electron chi connectivity index (χ0n) is 14.3. The van der Waals surface area contributed by atoms with Crippen molar-refractivity contribution < 1.29 is 14.4 Å². The Balaban J connectivity index is 2.52. The predicted octanol–water partition coefficient (Wildman–Crippen LogP) is 3.87. The number of carbonyl (C=O) groups is 3. The van der Waals surface area contributed by atoms with E-state index >= 15 is 0 Å². The van der Waals surface area contributed by atoms with Gasteiger partial charge < -0.3 is 0 Å². The quantitative estimate of drug-likeness (QED) is 0.715. The summed E-state index contributed by atoms with van der Waals surface area (Å²) in [4.78, 5) is 37.9. The average Bonchev–Trinajstić information content (AvgIpc) is 2.89. The molecule has 0 fully saturated rings. The van der Waals surface area contributed by atoms with E-state index in [1.807, 2.05) is 54.6 Å². The van der Waals surface area contributed by atoms with Gasteiger partial charge in [-0.25, -0.2) is 4.90 Å². The maximum Gasteiger partial charge on any atom is 0.231 e. The molecule has 5 nitrogen and oxygen atoms in total. The predicted molar refractivity (Wildman–Crippen MR) is 97.5 cm³/mol. The minimum atomic E-state index is -0.435. The van der Waals surface area contributed by atoms with E-state index in [1.165, 1.54) is 25.3 Å². The first-order valence-corrected chi connectivity index (χ1v) is 7.94. The summed E-state index contributed by atoms with van der Waals surface area (Å²) in [5, 5.41) is 0.811. The van der Waals surface area contributed by atoms with Gasteiger partial charge in [0.25, 0.3) is 0 Å². The molecule has 0 aliphatic heterocycles. The molecule has 0 bridgehead atoms. The van der Waals surface area contributed by atoms with Crippen molar-refractivity contribution >= 4 is 34.4 Å². The third-order valence-corrected chi connectivity index (χ3v) is 4.07. The minimum absolute atomic E-state index is 0.263. The Kier molecular flexibility index (Phi) is 4.23. The molecule has 0 N–H and O–H groups in total. The Labute approximate surface area is 145 Å². The lowest BCUT2D eigenvalue weighted by atomic mass is 10.0. The number of fused-ring (bicyclic) bond motifs is 1. The van der Waals surface area contributed by atoms with E-state index in [0.29, 0.717) is 16.9 Å². The van der Waals surface area contributed by atoms with Crippen molar-refractivity contribution in [2.45, 2.75) is 20.8 Å². The van der Waals surface area contributed by atoms with Gasteiger partial charge in [-0.15, -0.1) is 0 Å². The average molecular weight is 334 g/mol. The summed E-state index contributed by atoms with van der Waals surface area (Å²) in [5.74, 6) is -0.842. The monoisotopic (exact) mass is 334 g/mol. The number of carbonyl (C=O) groups excluding carboxylic acids is 3. The molecule has 126 valence electrons. The normalized spacial score (nSPS) is 10.7. The van der Waals surface area contributed by atoms with Crippen LogP contribution < -0.4 is 4.90 Å². The first kappa shape index (κ1) is 16.6. The summed E-state index contributed by atoms with van der Waals surface area (Å²) < 4.78 is 1.43. The number of imide groups is 1. The van der Waals surface area contributed by atoms with Crippen LogP contribution in [0.2, 0.25) is 0 Å². The summed E-state index contributed by atoms with van der Waals surface area (Å²) in [6.07, 6.45) is 0. The largest absolute Gasteiger partial charge is 0.274 e. The van der Waals surface area contributed by atoms with Crippen LogP contribution >= 0.6 is 0 Å². The Bertz CT molecular complexity index is 973. The fraction of sp³-hybridized carbons (Fsp3) is 0.150. The number of benzene rings is 2. The number of rotatable bonds is 2. The van der Waals surface area contributed by atoms with Crippen LogP contribution in [0, 0.1) is 0 Å². The van der Waals surface area contributed by atoms with Gasteiger partial charge in [0.15, 0.2) is 0 Å². The van der Waals surface area contributed by atoms with E-state index in [0.717, 1.165) is 15.8 Å². The molecule has 2 aromatic carbocycles. The number of hydrogen-bond donors (Lipinski definition) is 0. The van der Waals surface area contributed by atoms with Gasteiger partial charge in [0.1, 0.15) is 5.82 Å². The van der Waals surface area contributed by atoms with E-state index in [9.17, 15) is 14.4 Å². The molecule has 0 saturated carbocycles. The molecular weight excluding hydrogens is 316 g/mol. The summed E-state index contributed by atoms with van der Waals surface area (Å²) >= 11 is 0. The standard InChI is InChI=1S/C20H18N2O3/c1-13(23)21(14(2)24)20-19(16-9-5-4-6-10-16)17-11-7-8-12-18(17)22(20)15(3)25/h4-12H,1-3H3. The third kappa shape index (κ3) is 2.74. The molecule has 0 radical (unpaired) electrons. The lowest BCUT2D eigenvalue weighted by Gasteiger charge is -2.20. The molecule has 3 aromatic rings. The molecule has 0 unspecified atom stereocenters. The van der Waals surface area contributed by atoms with Crippen LogP contribution in [0.5, 0.6) is 0 Å². The number of aromatic nitrogens is 1. The highest BCUT2D eigenvalue weighted by molar-refractivity contribution is 6.20. The first-order chi connectivity index (χ1) is 11.9. The van der Waals surface area contributed by atoms with Crippen molar-refractivity contribution in [2.24, 2.45) is 0 Å². The molecule has 0 aliphatic rings. The maximum atomic E-state index is 12.4. The van der Waals surface area contributed by atoms with Gasteiger partial charge in [-0.05, 0) is 11.6 Å². The van der Waals surface area contributed by atoms with Crippen LogP contribution in [-0.4, -0.2) is 22.3 Å². The maximum absolute atomic E-state index is 12.4. The van der Waals surface area contributed by atoms with Gasteiger partial charge in [-0.3, -0.25) is 19.0 Å². The van der Waals surface area contributed by atoms with Crippen LogP contribution in [0.1, 0.15) is 25.6 Å². The Morgan fingerprint density at radius 3 is 1.92 bits per heavy atom. The van der Waals surface area contributed by atoms with Gasteiger partial charge in [0.2, 0.25) is 17.7 Å². The summed E-state index contributed by atoms with van der Waals surface area (Å²) in [5.41, 5.74) is 2.19. The molecule has 0 saturated heterocycles. The zero-order chi connectivity index (χ0) is 18.1. The Morgan fingerprint density at radius 1 is 0.800 bits per heavy atom. The highest BCUT2D eigenvalue weighted by Gasteiger charge is 2.29. The summed E-state index contributed by atoms with van der Waals surface area (Å²) in [7, 11) is 0. The lowest BCUT2D eigenvalue weighted by Crippen LogP contribution is -2.36. The lowest BCUT2D eigenvalue weighted by molar-refractivity contribution is -0.124. The smallest absolute Gasteiger partial charge is 0.231 e. The molecule has 1 aromatic heterocycles. The van der Waals surface area contributed by atoms with Crippen molar-refractivity contribution in [3.05, 3.63) is 54.6 Å². The van der Waals surface area contributed by atoms with Gasteiger partial charge >= 0.3 is 0 Å². The molecular formula is C20H18N2O3. The van der Waals surface area contributed by atoms with E-state index in [1.54, 1.807) is 0 Å². The van der Waals surface area contributed by atoms with Crippen LogP contribution in [0.4, 0.5) is 5.82 Å². The summed E-state index contributed by atoms with van der Waals surface area (Å²) in [6, 6.07) is 16.8. The fourth-order valence-electron chi connectivity index (χ4n) is 3.17. The molecule has 0 spiro atoms. The van der Waals surface area contributed by atoms with E-state index in [-0.39, 0.29) is 5.91 Å². The van der Waals surface area contributed by atoms with Gasteiger partial charge in [-0.2, -0.15) is 0 Å². The second kappa shape index (κ2) is 6.36. The molecule has 2 amide bonds. The number of anilines is 1. The number of amides is 2. The second-order valence-electron chi connectivity index (χ2n) is 5.81. The molecule has 0 aliphatic carbocycles. The molecule has 0 atom stereocenters. The molecule has 5 heteroatoms. The first-order valence-electron chi connectivity index (χ1n) is 7.94. The van der Waals surface area contributed by atoms with Gasteiger partial charge in [-0.1, -0.05) is 48.5 Å². The van der Waals surface area contributed by atoms with E-state index in [4.69, 9.17) is 0 Å². The Hall–Kier alpha value is -3.21. The minimum Gasteiger partial charge on any atom is -0.274 e. The highest BCUT2D eigenvalue weighted by atomic mass is 16.2. The SMILES string of the molecule is CC(=O)N(C(C)=O)c1c(-c2ccccc2)c2ccccc2n1C(C)=O. The van der Waals surface area contributed by atoms with Crippen LogP contribution in [-0.2, 0) is 9.59 Å². The molecule has 25 heavy (non-hydrogen) atoms. The van der Waals surface area contributed by atoms with Gasteiger partial charge in [0.05, 0.1) is 5.52 Å². The molecule has 1 heterocycles. The van der Waals surface area contributed by atoms with Crippen LogP contribution in [0.15, 0.2) is 54.6 Å². The van der Waals surface area contributed by atoms with Gasteiger partial charge in [0, 0.05) is 31.7 Å². The van der Waals surface area contributed by atoms with Crippen LogP contribution in [0.25, 0.3) is 22.0 Å². The molecule has 3 rings (SSSR count). The third-order valence-electron chi connectivity index (χ3n) is 4.07. The van der Waals surface area contributed by atoms with Crippen molar-refractivity contribution in [3.63, 3.8) is 0 Å². The Morgan fingerprint density at radius 2 is 1.36 bits per heavy atom. The number of hydrogen-bond acceptors (Lipinski definition) is 3. The highest BCUT2D eigenvalue weighted by Crippen LogP contribution is 2.40.